The van der Waals surface area contributed by atoms with E-state index in [0.29, 0.717) is 17.7 Å². The molecule has 0 bridgehead atoms. The molecular formula is C19H30N4O. The summed E-state index contributed by atoms with van der Waals surface area (Å²) in [4.78, 5) is 26.6. The van der Waals surface area contributed by atoms with Crippen LogP contribution >= 0.6 is 0 Å². The van der Waals surface area contributed by atoms with Gasteiger partial charge in [0.2, 0.25) is 5.95 Å². The molecule has 2 unspecified atom stereocenters. The molecule has 0 saturated carbocycles. The molecule has 24 heavy (non-hydrogen) atoms. The third kappa shape index (κ3) is 3.70. The van der Waals surface area contributed by atoms with Crippen molar-refractivity contribution in [1.82, 2.24) is 14.9 Å². The molecule has 1 amide bonds. The topological polar surface area (TPSA) is 49.3 Å². The number of hydrogen-bond acceptors (Lipinski definition) is 4. The summed E-state index contributed by atoms with van der Waals surface area (Å²) in [5.74, 6) is 1.47. The van der Waals surface area contributed by atoms with E-state index in [-0.39, 0.29) is 5.91 Å². The Morgan fingerprint density at radius 1 is 1.21 bits per heavy atom. The quantitative estimate of drug-likeness (QED) is 0.852. The fourth-order valence-electron chi connectivity index (χ4n) is 4.01. The van der Waals surface area contributed by atoms with Crippen LogP contribution in [0, 0.1) is 12.8 Å². The number of likely N-dealkylation sites (tertiary alicyclic amines) is 1. The first-order chi connectivity index (χ1) is 11.6. The highest BCUT2D eigenvalue weighted by Crippen LogP contribution is 2.24. The Bertz CT molecular complexity index is 589. The van der Waals surface area contributed by atoms with Crippen LogP contribution in [0.1, 0.15) is 68.6 Å². The summed E-state index contributed by atoms with van der Waals surface area (Å²) in [6.45, 7) is 9.23. The molecule has 2 atom stereocenters. The number of aryl methyl sites for hydroxylation is 1. The maximum absolute atomic E-state index is 13.0. The minimum absolute atomic E-state index is 0.0818. The molecule has 0 spiro atoms. The number of rotatable bonds is 3. The standard InChI is InChI=1S/C19H30N4O/c1-4-16-9-5-6-11-23(16)18(24)17-12-15(3)20-19(21-17)22-10-7-8-14(2)13-22/h12,14,16H,4-11,13H2,1-3H3. The van der Waals surface area contributed by atoms with E-state index in [2.05, 4.69) is 28.7 Å². The van der Waals surface area contributed by atoms with Crippen LogP contribution in [0.25, 0.3) is 0 Å². The number of nitrogens with zero attached hydrogens (tertiary/aromatic N) is 4. The first-order valence-electron chi connectivity index (χ1n) is 9.50. The lowest BCUT2D eigenvalue weighted by atomic mass is 9.99. The molecule has 0 N–H and O–H groups in total. The lowest BCUT2D eigenvalue weighted by Crippen LogP contribution is -2.44. The number of carbonyl (C=O) groups is 1. The summed E-state index contributed by atoms with van der Waals surface area (Å²) in [6.07, 6.45) is 6.89. The van der Waals surface area contributed by atoms with Gasteiger partial charge >= 0.3 is 0 Å². The van der Waals surface area contributed by atoms with Gasteiger partial charge in [-0.25, -0.2) is 9.97 Å². The van der Waals surface area contributed by atoms with Gasteiger partial charge in [-0.3, -0.25) is 4.79 Å². The SMILES string of the molecule is CCC1CCCCN1C(=O)c1cc(C)nc(N2CCCC(C)C2)n1. The third-order valence-electron chi connectivity index (χ3n) is 5.36. The van der Waals surface area contributed by atoms with Gasteiger partial charge in [-0.2, -0.15) is 0 Å². The monoisotopic (exact) mass is 330 g/mol. The maximum Gasteiger partial charge on any atom is 0.272 e. The summed E-state index contributed by atoms with van der Waals surface area (Å²) in [7, 11) is 0. The van der Waals surface area contributed by atoms with Crippen LogP contribution in [0.4, 0.5) is 5.95 Å². The maximum atomic E-state index is 13.0. The lowest BCUT2D eigenvalue weighted by Gasteiger charge is -2.35. The van der Waals surface area contributed by atoms with Crippen molar-refractivity contribution in [2.75, 3.05) is 24.5 Å². The van der Waals surface area contributed by atoms with Crippen LogP contribution in [0.5, 0.6) is 0 Å². The van der Waals surface area contributed by atoms with E-state index in [0.717, 1.165) is 50.5 Å². The molecule has 5 heteroatoms. The number of piperidine rings is 2. The second-order valence-electron chi connectivity index (χ2n) is 7.44. The van der Waals surface area contributed by atoms with Gasteiger partial charge in [-0.1, -0.05) is 13.8 Å². The van der Waals surface area contributed by atoms with Gasteiger partial charge in [0.05, 0.1) is 0 Å². The zero-order valence-corrected chi connectivity index (χ0v) is 15.3. The lowest BCUT2D eigenvalue weighted by molar-refractivity contribution is 0.0601. The normalized spacial score (nSPS) is 25.0. The number of aromatic nitrogens is 2. The van der Waals surface area contributed by atoms with Crippen molar-refractivity contribution in [3.05, 3.63) is 17.5 Å². The zero-order valence-electron chi connectivity index (χ0n) is 15.3. The molecule has 5 nitrogen and oxygen atoms in total. The largest absolute Gasteiger partial charge is 0.341 e. The fraction of sp³-hybridized carbons (Fsp3) is 0.737. The van der Waals surface area contributed by atoms with Crippen molar-refractivity contribution in [2.24, 2.45) is 5.92 Å². The number of carbonyl (C=O) groups excluding carboxylic acids is 1. The average Bonchev–Trinajstić information content (AvgIpc) is 2.60. The number of anilines is 1. The Balaban J connectivity index is 1.83. The molecule has 2 saturated heterocycles. The first kappa shape index (κ1) is 17.2. The van der Waals surface area contributed by atoms with Crippen LogP contribution in [-0.4, -0.2) is 46.5 Å². The molecule has 3 rings (SSSR count). The van der Waals surface area contributed by atoms with Crippen molar-refractivity contribution in [3.8, 4) is 0 Å². The predicted molar refractivity (Wildman–Crippen MR) is 96.3 cm³/mol. The Hall–Kier alpha value is -1.65. The average molecular weight is 330 g/mol. The van der Waals surface area contributed by atoms with Crippen molar-refractivity contribution >= 4 is 11.9 Å². The van der Waals surface area contributed by atoms with E-state index in [1.165, 1.54) is 19.3 Å². The molecule has 132 valence electrons. The molecule has 0 aliphatic carbocycles. The van der Waals surface area contributed by atoms with Gasteiger partial charge in [-0.15, -0.1) is 0 Å². The third-order valence-corrected chi connectivity index (χ3v) is 5.36. The van der Waals surface area contributed by atoms with E-state index in [4.69, 9.17) is 0 Å². The Labute approximate surface area is 145 Å². The minimum Gasteiger partial charge on any atom is -0.341 e. The van der Waals surface area contributed by atoms with E-state index in [1.807, 2.05) is 17.9 Å². The van der Waals surface area contributed by atoms with Crippen molar-refractivity contribution < 1.29 is 4.79 Å². The summed E-state index contributed by atoms with van der Waals surface area (Å²) in [6, 6.07) is 2.21. The molecule has 0 radical (unpaired) electrons. The highest BCUT2D eigenvalue weighted by Gasteiger charge is 2.28. The number of hydrogen-bond donors (Lipinski definition) is 0. The van der Waals surface area contributed by atoms with E-state index < -0.39 is 0 Å². The zero-order chi connectivity index (χ0) is 17.1. The Morgan fingerprint density at radius 3 is 2.79 bits per heavy atom. The summed E-state index contributed by atoms with van der Waals surface area (Å²) in [5.41, 5.74) is 1.45. The van der Waals surface area contributed by atoms with Gasteiger partial charge in [0, 0.05) is 31.4 Å². The second kappa shape index (κ2) is 7.49. The van der Waals surface area contributed by atoms with Crippen LogP contribution in [0.2, 0.25) is 0 Å². The molecule has 1 aromatic rings. The molecule has 2 fully saturated rings. The van der Waals surface area contributed by atoms with Gasteiger partial charge in [0.25, 0.3) is 5.91 Å². The van der Waals surface area contributed by atoms with Gasteiger partial charge < -0.3 is 9.80 Å². The molecule has 0 aromatic carbocycles. The minimum atomic E-state index is 0.0818. The fourth-order valence-corrected chi connectivity index (χ4v) is 4.01. The predicted octanol–water partition coefficient (Wildman–Crippen LogP) is 3.43. The highest BCUT2D eigenvalue weighted by molar-refractivity contribution is 5.93. The Morgan fingerprint density at radius 2 is 2.04 bits per heavy atom. The summed E-state index contributed by atoms with van der Waals surface area (Å²) < 4.78 is 0. The second-order valence-corrected chi connectivity index (χ2v) is 7.44. The van der Waals surface area contributed by atoms with Crippen LogP contribution in [-0.2, 0) is 0 Å². The van der Waals surface area contributed by atoms with Crippen molar-refractivity contribution in [1.29, 1.82) is 0 Å². The van der Waals surface area contributed by atoms with Gasteiger partial charge in [-0.05, 0) is 57.4 Å². The van der Waals surface area contributed by atoms with E-state index >= 15 is 0 Å². The van der Waals surface area contributed by atoms with E-state index in [1.54, 1.807) is 0 Å². The van der Waals surface area contributed by atoms with E-state index in [9.17, 15) is 4.79 Å². The van der Waals surface area contributed by atoms with Crippen LogP contribution < -0.4 is 4.90 Å². The highest BCUT2D eigenvalue weighted by atomic mass is 16.2. The Kier molecular flexibility index (Phi) is 5.36. The summed E-state index contributed by atoms with van der Waals surface area (Å²) >= 11 is 0. The number of amides is 1. The van der Waals surface area contributed by atoms with Crippen LogP contribution in [0.3, 0.4) is 0 Å². The first-order valence-corrected chi connectivity index (χ1v) is 9.50. The van der Waals surface area contributed by atoms with Gasteiger partial charge in [0.1, 0.15) is 5.69 Å². The smallest absolute Gasteiger partial charge is 0.272 e. The molecular weight excluding hydrogens is 300 g/mol. The van der Waals surface area contributed by atoms with Crippen LogP contribution in [0.15, 0.2) is 6.07 Å². The molecule has 2 aliphatic heterocycles. The molecule has 3 heterocycles. The molecule has 2 aliphatic rings. The molecule has 1 aromatic heterocycles. The summed E-state index contributed by atoms with van der Waals surface area (Å²) in [5, 5.41) is 0. The van der Waals surface area contributed by atoms with Crippen molar-refractivity contribution in [2.45, 2.75) is 65.3 Å². The van der Waals surface area contributed by atoms with Gasteiger partial charge in [0.15, 0.2) is 0 Å². The van der Waals surface area contributed by atoms with Crippen molar-refractivity contribution in [3.63, 3.8) is 0 Å².